The maximum absolute atomic E-state index is 12.7. The van der Waals surface area contributed by atoms with E-state index in [0.29, 0.717) is 18.8 Å². The number of anilines is 1. The Labute approximate surface area is 159 Å². The highest BCUT2D eigenvalue weighted by atomic mass is 32.2. The van der Waals surface area contributed by atoms with Crippen molar-refractivity contribution < 1.29 is 13.2 Å². The maximum Gasteiger partial charge on any atom is 0.232 e. The summed E-state index contributed by atoms with van der Waals surface area (Å²) in [5, 5.41) is 9.26. The van der Waals surface area contributed by atoms with E-state index in [4.69, 9.17) is 0 Å². The summed E-state index contributed by atoms with van der Waals surface area (Å²) in [6.45, 7) is 1.18. The van der Waals surface area contributed by atoms with Gasteiger partial charge >= 0.3 is 0 Å². The minimum Gasteiger partial charge on any atom is -0.338 e. The third-order valence-corrected chi connectivity index (χ3v) is 5.89. The van der Waals surface area contributed by atoms with E-state index in [-0.39, 0.29) is 24.4 Å². The highest BCUT2D eigenvalue weighted by Crippen LogP contribution is 2.23. The molecular weight excluding hydrogens is 362 g/mol. The zero-order valence-electron chi connectivity index (χ0n) is 15.1. The second-order valence-corrected chi connectivity index (χ2v) is 8.45. The Kier molecular flexibility index (Phi) is 5.47. The molecule has 0 radical (unpaired) electrons. The van der Waals surface area contributed by atoms with Gasteiger partial charge in [0.1, 0.15) is 6.07 Å². The van der Waals surface area contributed by atoms with Crippen molar-refractivity contribution in [2.24, 2.45) is 0 Å². The number of nitriles is 1. The molecule has 0 spiro atoms. The van der Waals surface area contributed by atoms with Gasteiger partial charge in [-0.05, 0) is 29.7 Å². The first-order chi connectivity index (χ1) is 12.9. The molecule has 1 heterocycles. The van der Waals surface area contributed by atoms with Crippen molar-refractivity contribution in [1.29, 1.82) is 5.26 Å². The molecule has 6 nitrogen and oxygen atoms in total. The molecule has 1 amide bonds. The predicted molar refractivity (Wildman–Crippen MR) is 104 cm³/mol. The van der Waals surface area contributed by atoms with Crippen LogP contribution >= 0.6 is 0 Å². The fourth-order valence-corrected chi connectivity index (χ4v) is 4.25. The summed E-state index contributed by atoms with van der Waals surface area (Å²) < 4.78 is 25.6. The molecule has 1 aliphatic heterocycles. The van der Waals surface area contributed by atoms with Gasteiger partial charge in [-0.25, -0.2) is 8.42 Å². The number of para-hydroxylation sites is 1. The Morgan fingerprint density at radius 3 is 2.52 bits per heavy atom. The summed E-state index contributed by atoms with van der Waals surface area (Å²) in [6, 6.07) is 16.6. The minimum absolute atomic E-state index is 0.00844. The monoisotopic (exact) mass is 383 g/mol. The molecule has 0 aliphatic carbocycles. The Balaban J connectivity index is 1.73. The fourth-order valence-electron chi connectivity index (χ4n) is 3.31. The van der Waals surface area contributed by atoms with Crippen molar-refractivity contribution in [3.8, 4) is 6.07 Å². The van der Waals surface area contributed by atoms with Gasteiger partial charge in [0.25, 0.3) is 0 Å². The lowest BCUT2D eigenvalue weighted by Gasteiger charge is -2.30. The van der Waals surface area contributed by atoms with Crippen LogP contribution in [0.5, 0.6) is 0 Å². The molecule has 2 aromatic rings. The van der Waals surface area contributed by atoms with Gasteiger partial charge in [-0.1, -0.05) is 36.4 Å². The highest BCUT2D eigenvalue weighted by molar-refractivity contribution is 7.92. The average molecular weight is 383 g/mol. The summed E-state index contributed by atoms with van der Waals surface area (Å²) in [4.78, 5) is 14.4. The summed E-state index contributed by atoms with van der Waals surface area (Å²) in [5.74, 6) is -0.0902. The molecule has 0 fully saturated rings. The topological polar surface area (TPSA) is 81.5 Å². The van der Waals surface area contributed by atoms with Crippen LogP contribution in [0.3, 0.4) is 0 Å². The lowest BCUT2D eigenvalue weighted by Crippen LogP contribution is -2.39. The van der Waals surface area contributed by atoms with Crippen molar-refractivity contribution in [3.05, 3.63) is 65.2 Å². The smallest absolute Gasteiger partial charge is 0.232 e. The zero-order valence-corrected chi connectivity index (χ0v) is 15.9. The lowest BCUT2D eigenvalue weighted by atomic mass is 10.00. The van der Waals surface area contributed by atoms with E-state index in [0.717, 1.165) is 22.5 Å². The van der Waals surface area contributed by atoms with Crippen LogP contribution in [0.25, 0.3) is 0 Å². The van der Waals surface area contributed by atoms with Crippen LogP contribution in [0.4, 0.5) is 5.69 Å². The van der Waals surface area contributed by atoms with Gasteiger partial charge in [0, 0.05) is 26.1 Å². The first kappa shape index (κ1) is 18.9. The molecule has 1 aliphatic rings. The van der Waals surface area contributed by atoms with E-state index in [9.17, 15) is 18.5 Å². The number of benzene rings is 2. The van der Waals surface area contributed by atoms with Crippen LogP contribution in [-0.4, -0.2) is 38.6 Å². The quantitative estimate of drug-likeness (QED) is 0.793. The van der Waals surface area contributed by atoms with Crippen LogP contribution in [0.2, 0.25) is 0 Å². The molecule has 140 valence electrons. The summed E-state index contributed by atoms with van der Waals surface area (Å²) in [7, 11) is -3.61. The van der Waals surface area contributed by atoms with Crippen LogP contribution in [0, 0.1) is 11.3 Å². The van der Waals surface area contributed by atoms with E-state index in [1.54, 1.807) is 29.2 Å². The fraction of sp³-hybridized carbons (Fsp3) is 0.300. The summed E-state index contributed by atoms with van der Waals surface area (Å²) in [6.07, 6.45) is 1.95. The van der Waals surface area contributed by atoms with Crippen molar-refractivity contribution >= 4 is 21.6 Å². The Morgan fingerprint density at radius 2 is 1.81 bits per heavy atom. The van der Waals surface area contributed by atoms with Gasteiger partial charge in [0.2, 0.25) is 15.9 Å². The van der Waals surface area contributed by atoms with Crippen LogP contribution in [0.1, 0.15) is 23.1 Å². The number of nitrogens with zero attached hydrogens (tertiary/aromatic N) is 3. The third kappa shape index (κ3) is 4.29. The van der Waals surface area contributed by atoms with Gasteiger partial charge in [-0.2, -0.15) is 5.26 Å². The zero-order chi connectivity index (χ0) is 19.4. The van der Waals surface area contributed by atoms with E-state index in [1.165, 1.54) is 5.56 Å². The van der Waals surface area contributed by atoms with E-state index in [1.807, 2.05) is 24.3 Å². The largest absolute Gasteiger partial charge is 0.338 e. The van der Waals surface area contributed by atoms with E-state index >= 15 is 0 Å². The Hall–Kier alpha value is -2.85. The summed E-state index contributed by atoms with van der Waals surface area (Å²) in [5.41, 5.74) is 2.95. The van der Waals surface area contributed by atoms with Crippen molar-refractivity contribution in [3.63, 3.8) is 0 Å². The second-order valence-electron chi connectivity index (χ2n) is 6.55. The molecule has 0 N–H and O–H groups in total. The maximum atomic E-state index is 12.7. The number of carbonyl (C=O) groups is 1. The molecule has 0 saturated carbocycles. The predicted octanol–water partition coefficient (Wildman–Crippen LogP) is 2.30. The van der Waals surface area contributed by atoms with Gasteiger partial charge in [0.05, 0.1) is 17.5 Å². The van der Waals surface area contributed by atoms with Gasteiger partial charge in [-0.15, -0.1) is 0 Å². The number of fused-ring (bicyclic) bond motifs is 1. The average Bonchev–Trinajstić information content (AvgIpc) is 2.67. The van der Waals surface area contributed by atoms with Gasteiger partial charge < -0.3 is 4.90 Å². The molecule has 7 heteroatoms. The molecule has 0 bridgehead atoms. The number of carbonyl (C=O) groups excluding carboxylic acids is 1. The van der Waals surface area contributed by atoms with E-state index in [2.05, 4.69) is 6.07 Å². The Morgan fingerprint density at radius 1 is 1.15 bits per heavy atom. The number of hydrogen-bond acceptors (Lipinski definition) is 4. The molecule has 27 heavy (non-hydrogen) atoms. The summed E-state index contributed by atoms with van der Waals surface area (Å²) >= 11 is 0. The number of hydrogen-bond donors (Lipinski definition) is 0. The molecule has 2 aromatic carbocycles. The first-order valence-electron chi connectivity index (χ1n) is 8.71. The van der Waals surface area contributed by atoms with Crippen molar-refractivity contribution in [2.75, 3.05) is 23.7 Å². The number of rotatable bonds is 5. The van der Waals surface area contributed by atoms with Crippen molar-refractivity contribution in [2.45, 2.75) is 19.4 Å². The van der Waals surface area contributed by atoms with Gasteiger partial charge in [-0.3, -0.25) is 9.10 Å². The number of sulfonamides is 1. The standard InChI is InChI=1S/C20H21N3O3S/c1-27(25,26)23(19-9-5-4-7-17(19)14-21)13-11-20(24)22-12-10-16-6-2-3-8-18(16)15-22/h2-9H,10-13,15H2,1H3. The van der Waals surface area contributed by atoms with Gasteiger partial charge in [0.15, 0.2) is 0 Å². The molecule has 0 atom stereocenters. The highest BCUT2D eigenvalue weighted by Gasteiger charge is 2.24. The first-order valence-corrected chi connectivity index (χ1v) is 10.6. The lowest BCUT2D eigenvalue weighted by molar-refractivity contribution is -0.131. The molecule has 0 unspecified atom stereocenters. The number of amides is 1. The van der Waals surface area contributed by atoms with Crippen LogP contribution in [0.15, 0.2) is 48.5 Å². The molecule has 0 aromatic heterocycles. The second kappa shape index (κ2) is 7.80. The molecular formula is C20H21N3O3S. The molecule has 0 saturated heterocycles. The Bertz CT molecular complexity index is 996. The van der Waals surface area contributed by atoms with Crippen LogP contribution in [-0.2, 0) is 27.8 Å². The third-order valence-electron chi connectivity index (χ3n) is 4.71. The molecule has 3 rings (SSSR count). The van der Waals surface area contributed by atoms with Crippen molar-refractivity contribution in [1.82, 2.24) is 4.90 Å². The van der Waals surface area contributed by atoms with E-state index < -0.39 is 10.0 Å². The minimum atomic E-state index is -3.61. The normalized spacial score (nSPS) is 13.6. The SMILES string of the molecule is CS(=O)(=O)N(CCC(=O)N1CCc2ccccc2C1)c1ccccc1C#N. The van der Waals surface area contributed by atoms with Crippen LogP contribution < -0.4 is 4.31 Å².